The second-order valence-corrected chi connectivity index (χ2v) is 7.25. The van der Waals surface area contributed by atoms with Crippen molar-refractivity contribution < 1.29 is 9.53 Å². The van der Waals surface area contributed by atoms with Crippen LogP contribution in [0.4, 0.5) is 4.79 Å². The van der Waals surface area contributed by atoms with Gasteiger partial charge >= 0.3 is 6.09 Å². The first-order valence-electron chi connectivity index (χ1n) is 7.87. The van der Waals surface area contributed by atoms with Crippen molar-refractivity contribution in [2.45, 2.75) is 72.1 Å². The van der Waals surface area contributed by atoms with Crippen LogP contribution in [0.3, 0.4) is 0 Å². The molecule has 4 nitrogen and oxygen atoms in total. The summed E-state index contributed by atoms with van der Waals surface area (Å²) in [7, 11) is 0. The molecule has 2 atom stereocenters. The first kappa shape index (κ1) is 15.9. The summed E-state index contributed by atoms with van der Waals surface area (Å²) in [4.78, 5) is 11.8. The van der Waals surface area contributed by atoms with Crippen molar-refractivity contribution in [3.8, 4) is 0 Å². The van der Waals surface area contributed by atoms with Crippen LogP contribution in [0.25, 0.3) is 0 Å². The number of alkyl carbamates (subject to hydrolysis) is 1. The van der Waals surface area contributed by atoms with Crippen LogP contribution in [0, 0.1) is 19.8 Å². The van der Waals surface area contributed by atoms with E-state index >= 15 is 0 Å². The molecule has 0 radical (unpaired) electrons. The minimum atomic E-state index is -0.429. The molecule has 0 saturated heterocycles. The average Bonchev–Trinajstić information content (AvgIpc) is 2.88. The molecule has 1 saturated carbocycles. The van der Waals surface area contributed by atoms with Crippen LogP contribution in [0.1, 0.15) is 51.4 Å². The fraction of sp³-hybridized carbons (Fsp3) is 0.706. The molecule has 0 bridgehead atoms. The number of nitrogens with zero attached hydrogens (tertiary/aromatic N) is 1. The van der Waals surface area contributed by atoms with Crippen LogP contribution in [0.2, 0.25) is 0 Å². The highest BCUT2D eigenvalue weighted by atomic mass is 16.6. The first-order chi connectivity index (χ1) is 9.74. The molecule has 0 aliphatic heterocycles. The molecule has 1 amide bonds. The zero-order valence-electron chi connectivity index (χ0n) is 13.9. The molecule has 4 heteroatoms. The smallest absolute Gasteiger partial charge is 0.407 e. The molecule has 1 fully saturated rings. The van der Waals surface area contributed by atoms with E-state index in [0.29, 0.717) is 5.92 Å². The second kappa shape index (κ2) is 6.12. The van der Waals surface area contributed by atoms with Crippen molar-refractivity contribution in [3.63, 3.8) is 0 Å². The largest absolute Gasteiger partial charge is 0.444 e. The molecule has 0 spiro atoms. The molecule has 0 unspecified atom stereocenters. The quantitative estimate of drug-likeness (QED) is 0.921. The molecule has 118 valence electrons. The maximum atomic E-state index is 11.8. The van der Waals surface area contributed by atoms with Gasteiger partial charge in [-0.1, -0.05) is 0 Å². The van der Waals surface area contributed by atoms with Gasteiger partial charge < -0.3 is 14.6 Å². The first-order valence-corrected chi connectivity index (χ1v) is 7.87. The highest BCUT2D eigenvalue weighted by Gasteiger charge is 2.28. The fourth-order valence-electron chi connectivity index (χ4n) is 3.09. The second-order valence-electron chi connectivity index (χ2n) is 7.25. The van der Waals surface area contributed by atoms with Crippen LogP contribution < -0.4 is 5.32 Å². The summed E-state index contributed by atoms with van der Waals surface area (Å²) in [5.74, 6) is 0.634. The van der Waals surface area contributed by atoms with Gasteiger partial charge in [-0.2, -0.15) is 0 Å². The maximum Gasteiger partial charge on any atom is 0.407 e. The summed E-state index contributed by atoms with van der Waals surface area (Å²) < 4.78 is 7.70. The molecular formula is C17H28N2O2. The number of nitrogens with one attached hydrogen (secondary N) is 1. The topological polar surface area (TPSA) is 43.3 Å². The maximum absolute atomic E-state index is 11.8. The summed E-state index contributed by atoms with van der Waals surface area (Å²) in [6.45, 7) is 11.0. The van der Waals surface area contributed by atoms with Gasteiger partial charge in [0, 0.05) is 24.0 Å². The van der Waals surface area contributed by atoms with Crippen molar-refractivity contribution in [1.29, 1.82) is 0 Å². The lowest BCUT2D eigenvalue weighted by Gasteiger charge is -2.22. The third-order valence-electron chi connectivity index (χ3n) is 4.12. The Morgan fingerprint density at radius 3 is 2.48 bits per heavy atom. The summed E-state index contributed by atoms with van der Waals surface area (Å²) in [6, 6.07) is 4.59. The van der Waals surface area contributed by atoms with Gasteiger partial charge in [-0.25, -0.2) is 4.79 Å². The lowest BCUT2D eigenvalue weighted by atomic mass is 10.1. The summed E-state index contributed by atoms with van der Waals surface area (Å²) in [5.41, 5.74) is 2.20. The Morgan fingerprint density at radius 2 is 1.90 bits per heavy atom. The van der Waals surface area contributed by atoms with Gasteiger partial charge in [-0.15, -0.1) is 0 Å². The van der Waals surface area contributed by atoms with Crippen LogP contribution in [-0.4, -0.2) is 22.3 Å². The molecule has 1 aromatic heterocycles. The molecule has 1 aliphatic rings. The molecular weight excluding hydrogens is 264 g/mol. The van der Waals surface area contributed by atoms with Gasteiger partial charge in [0.1, 0.15) is 5.60 Å². The molecule has 1 aliphatic carbocycles. The van der Waals surface area contributed by atoms with E-state index in [1.54, 1.807) is 0 Å². The number of aromatic nitrogens is 1. The van der Waals surface area contributed by atoms with Gasteiger partial charge in [-0.3, -0.25) is 0 Å². The number of aryl methyl sites for hydroxylation is 2. The predicted molar refractivity (Wildman–Crippen MR) is 84.4 cm³/mol. The molecule has 1 N–H and O–H groups in total. The third-order valence-corrected chi connectivity index (χ3v) is 4.12. The zero-order valence-corrected chi connectivity index (χ0v) is 13.9. The van der Waals surface area contributed by atoms with Crippen molar-refractivity contribution >= 4 is 6.09 Å². The summed E-state index contributed by atoms with van der Waals surface area (Å²) in [6.07, 6.45) is 2.96. The van der Waals surface area contributed by atoms with Crippen molar-refractivity contribution in [2.24, 2.45) is 5.92 Å². The highest BCUT2D eigenvalue weighted by molar-refractivity contribution is 5.68. The zero-order chi connectivity index (χ0) is 15.6. The molecule has 1 heterocycles. The van der Waals surface area contributed by atoms with Crippen LogP contribution in [0.5, 0.6) is 0 Å². The van der Waals surface area contributed by atoms with Gasteiger partial charge in [0.2, 0.25) is 0 Å². The van der Waals surface area contributed by atoms with Crippen LogP contribution >= 0.6 is 0 Å². The van der Waals surface area contributed by atoms with Crippen LogP contribution in [0.15, 0.2) is 12.1 Å². The Morgan fingerprint density at radius 1 is 1.29 bits per heavy atom. The number of carbonyl (C=O) groups is 1. The Bertz CT molecular complexity index is 480. The van der Waals surface area contributed by atoms with E-state index < -0.39 is 5.60 Å². The van der Waals surface area contributed by atoms with E-state index in [9.17, 15) is 4.79 Å². The van der Waals surface area contributed by atoms with E-state index in [1.165, 1.54) is 11.4 Å². The molecule has 2 rings (SSSR count). The van der Waals surface area contributed by atoms with E-state index in [-0.39, 0.29) is 12.1 Å². The average molecular weight is 292 g/mol. The van der Waals surface area contributed by atoms with Gasteiger partial charge in [0.15, 0.2) is 0 Å². The van der Waals surface area contributed by atoms with E-state index in [1.807, 2.05) is 20.8 Å². The fourth-order valence-corrected chi connectivity index (χ4v) is 3.09. The van der Waals surface area contributed by atoms with E-state index in [2.05, 4.69) is 35.9 Å². The van der Waals surface area contributed by atoms with Crippen LogP contribution in [-0.2, 0) is 11.3 Å². The number of amides is 1. The van der Waals surface area contributed by atoms with Gasteiger partial charge in [-0.05, 0) is 71.9 Å². The monoisotopic (exact) mass is 292 g/mol. The highest BCUT2D eigenvalue weighted by Crippen LogP contribution is 2.28. The molecule has 1 aromatic rings. The van der Waals surface area contributed by atoms with Crippen molar-refractivity contribution in [3.05, 3.63) is 23.5 Å². The van der Waals surface area contributed by atoms with Gasteiger partial charge in [0.05, 0.1) is 0 Å². The minimum Gasteiger partial charge on any atom is -0.444 e. The van der Waals surface area contributed by atoms with Gasteiger partial charge in [0.25, 0.3) is 0 Å². The Kier molecular flexibility index (Phi) is 4.64. The minimum absolute atomic E-state index is 0.251. The Balaban J connectivity index is 1.83. The molecule has 0 aromatic carbocycles. The molecule has 21 heavy (non-hydrogen) atoms. The lowest BCUT2D eigenvalue weighted by Crippen LogP contribution is -2.38. The predicted octanol–water partition coefficient (Wildman–Crippen LogP) is 3.80. The third kappa shape index (κ3) is 4.51. The number of hydrogen-bond acceptors (Lipinski definition) is 2. The number of rotatable bonds is 3. The van der Waals surface area contributed by atoms with Crippen molar-refractivity contribution in [2.75, 3.05) is 0 Å². The van der Waals surface area contributed by atoms with E-state index in [4.69, 9.17) is 4.74 Å². The van der Waals surface area contributed by atoms with Crippen molar-refractivity contribution in [1.82, 2.24) is 9.88 Å². The standard InChI is InChI=1S/C17H28N2O2/c1-12-6-7-13(2)19(12)11-14-8-9-15(10-14)18-16(20)21-17(3,4)5/h6-7,14-15H,8-11H2,1-5H3,(H,18,20)/t14-,15+/m0/s1. The number of ether oxygens (including phenoxy) is 1. The number of carbonyl (C=O) groups excluding carboxylic acids is 1. The Labute approximate surface area is 127 Å². The summed E-state index contributed by atoms with van der Waals surface area (Å²) >= 11 is 0. The Hall–Kier alpha value is -1.45. The van der Waals surface area contributed by atoms with E-state index in [0.717, 1.165) is 25.8 Å². The lowest BCUT2D eigenvalue weighted by molar-refractivity contribution is 0.0504. The normalized spacial score (nSPS) is 22.3. The summed E-state index contributed by atoms with van der Waals surface area (Å²) in [5, 5.41) is 3.00. The SMILES string of the molecule is Cc1ccc(C)n1C[C@H]1CC[C@@H](NC(=O)OC(C)(C)C)C1. The number of hydrogen-bond donors (Lipinski definition) is 1.